The highest BCUT2D eigenvalue weighted by atomic mass is 19.1. The van der Waals surface area contributed by atoms with E-state index in [1.165, 1.54) is 0 Å². The van der Waals surface area contributed by atoms with Gasteiger partial charge in [0.15, 0.2) is 0 Å². The predicted octanol–water partition coefficient (Wildman–Crippen LogP) is 1.34. The Kier molecular flexibility index (Phi) is 2.86. The van der Waals surface area contributed by atoms with Crippen LogP contribution in [0.25, 0.3) is 0 Å². The zero-order valence-corrected chi connectivity index (χ0v) is 8.58. The summed E-state index contributed by atoms with van der Waals surface area (Å²) < 4.78 is 25.8. The van der Waals surface area contributed by atoms with E-state index < -0.39 is 23.1 Å². The minimum atomic E-state index is -0.706. The monoisotopic (exact) mass is 238 g/mol. The molecule has 0 radical (unpaired) electrons. The first kappa shape index (κ1) is 11.3. The Morgan fingerprint density at radius 2 is 1.82 bits per heavy atom. The Bertz CT molecular complexity index is 590. The predicted molar refractivity (Wildman–Crippen MR) is 55.7 cm³/mol. The van der Waals surface area contributed by atoms with Crippen LogP contribution in [0.1, 0.15) is 11.4 Å². The van der Waals surface area contributed by atoms with Crippen LogP contribution in [0.15, 0.2) is 29.1 Å². The Morgan fingerprint density at radius 3 is 2.41 bits per heavy atom. The molecule has 0 fully saturated rings. The average Bonchev–Trinajstić information content (AvgIpc) is 2.13. The molecule has 0 saturated carbocycles. The minimum Gasteiger partial charge on any atom is -0.493 e. The van der Waals surface area contributed by atoms with Gasteiger partial charge in [0.1, 0.15) is 17.5 Å². The van der Waals surface area contributed by atoms with Gasteiger partial charge in [0.25, 0.3) is 5.56 Å². The zero-order chi connectivity index (χ0) is 12.4. The maximum absolute atomic E-state index is 12.9. The van der Waals surface area contributed by atoms with E-state index in [0.29, 0.717) is 5.56 Å². The van der Waals surface area contributed by atoms with Gasteiger partial charge in [0, 0.05) is 12.5 Å². The second-order valence-corrected chi connectivity index (χ2v) is 3.50. The smallest absolute Gasteiger partial charge is 0.254 e. The van der Waals surface area contributed by atoms with Crippen molar-refractivity contribution < 1.29 is 13.9 Å². The highest BCUT2D eigenvalue weighted by Crippen LogP contribution is 2.11. The molecule has 0 unspecified atom stereocenters. The highest BCUT2D eigenvalue weighted by molar-refractivity contribution is 5.22. The molecule has 2 N–H and O–H groups in total. The fourth-order valence-electron chi connectivity index (χ4n) is 1.48. The number of H-pyrrole nitrogens is 1. The first-order valence-corrected chi connectivity index (χ1v) is 4.77. The Balaban J connectivity index is 2.34. The lowest BCUT2D eigenvalue weighted by Crippen LogP contribution is -2.10. The maximum atomic E-state index is 12.9. The van der Waals surface area contributed by atoms with Crippen LogP contribution in [0.2, 0.25) is 0 Å². The zero-order valence-electron chi connectivity index (χ0n) is 8.58. The molecule has 1 aromatic heterocycles. The second-order valence-electron chi connectivity index (χ2n) is 3.50. The molecule has 17 heavy (non-hydrogen) atoms. The van der Waals surface area contributed by atoms with Gasteiger partial charge in [-0.25, -0.2) is 8.78 Å². The standard InChI is InChI=1S/C11H8F2N2O2/c12-7-1-6(2-8(13)4-7)3-9-14-10(16)5-11(17)15-9/h1-2,4-5H,3H2,(H2,14,15,16,17). The Hall–Kier alpha value is -2.24. The van der Waals surface area contributed by atoms with Gasteiger partial charge in [0.2, 0.25) is 5.88 Å². The molecular weight excluding hydrogens is 230 g/mol. The first-order chi connectivity index (χ1) is 8.02. The highest BCUT2D eigenvalue weighted by Gasteiger charge is 2.05. The fourth-order valence-corrected chi connectivity index (χ4v) is 1.48. The summed E-state index contributed by atoms with van der Waals surface area (Å²) in [4.78, 5) is 17.0. The van der Waals surface area contributed by atoms with Crippen molar-refractivity contribution in [1.29, 1.82) is 0 Å². The summed E-state index contributed by atoms with van der Waals surface area (Å²) in [6.45, 7) is 0. The molecule has 88 valence electrons. The van der Waals surface area contributed by atoms with Gasteiger partial charge < -0.3 is 10.1 Å². The number of hydrogen-bond acceptors (Lipinski definition) is 3. The van der Waals surface area contributed by atoms with Crippen molar-refractivity contribution in [3.63, 3.8) is 0 Å². The molecule has 2 rings (SSSR count). The third-order valence-corrected chi connectivity index (χ3v) is 2.07. The number of nitrogens with one attached hydrogen (secondary N) is 1. The molecular formula is C11H8F2N2O2. The number of aromatic hydroxyl groups is 1. The third kappa shape index (κ3) is 2.87. The normalized spacial score (nSPS) is 10.5. The van der Waals surface area contributed by atoms with Crippen LogP contribution in [0.4, 0.5) is 8.78 Å². The molecule has 0 aliphatic carbocycles. The van der Waals surface area contributed by atoms with Crippen LogP contribution in [0.3, 0.4) is 0 Å². The number of halogens is 2. The summed E-state index contributed by atoms with van der Waals surface area (Å²) in [5.41, 5.74) is -0.208. The Labute approximate surface area is 94.6 Å². The van der Waals surface area contributed by atoms with Crippen molar-refractivity contribution in [2.24, 2.45) is 0 Å². The van der Waals surface area contributed by atoms with Gasteiger partial charge in [0.05, 0.1) is 6.07 Å². The van der Waals surface area contributed by atoms with E-state index in [1.807, 2.05) is 0 Å². The summed E-state index contributed by atoms with van der Waals surface area (Å²) in [7, 11) is 0. The fraction of sp³-hybridized carbons (Fsp3) is 0.0909. The van der Waals surface area contributed by atoms with Crippen molar-refractivity contribution in [3.8, 4) is 5.88 Å². The van der Waals surface area contributed by atoms with Crippen LogP contribution in [0.5, 0.6) is 5.88 Å². The summed E-state index contributed by atoms with van der Waals surface area (Å²) in [6, 6.07) is 3.93. The van der Waals surface area contributed by atoms with Crippen molar-refractivity contribution in [2.45, 2.75) is 6.42 Å². The van der Waals surface area contributed by atoms with Crippen LogP contribution in [-0.2, 0) is 6.42 Å². The number of aromatic amines is 1. The number of benzene rings is 1. The van der Waals surface area contributed by atoms with Crippen LogP contribution in [-0.4, -0.2) is 15.1 Å². The average molecular weight is 238 g/mol. The van der Waals surface area contributed by atoms with Crippen LogP contribution < -0.4 is 5.56 Å². The molecule has 1 heterocycles. The summed E-state index contributed by atoms with van der Waals surface area (Å²) in [5, 5.41) is 9.10. The lowest BCUT2D eigenvalue weighted by atomic mass is 10.1. The topological polar surface area (TPSA) is 66.0 Å². The first-order valence-electron chi connectivity index (χ1n) is 4.77. The van der Waals surface area contributed by atoms with Gasteiger partial charge in [-0.3, -0.25) is 4.79 Å². The molecule has 0 atom stereocenters. The van der Waals surface area contributed by atoms with Crippen LogP contribution >= 0.6 is 0 Å². The lowest BCUT2D eigenvalue weighted by molar-refractivity contribution is 0.448. The number of rotatable bonds is 2. The molecule has 6 heteroatoms. The summed E-state index contributed by atoms with van der Waals surface area (Å²) in [5.74, 6) is -1.70. The van der Waals surface area contributed by atoms with Crippen molar-refractivity contribution >= 4 is 0 Å². The molecule has 0 spiro atoms. The maximum Gasteiger partial charge on any atom is 0.254 e. The van der Waals surface area contributed by atoms with Gasteiger partial charge in [-0.1, -0.05) is 0 Å². The van der Waals surface area contributed by atoms with Gasteiger partial charge in [-0.05, 0) is 17.7 Å². The summed E-state index contributed by atoms with van der Waals surface area (Å²) >= 11 is 0. The van der Waals surface area contributed by atoms with Crippen molar-refractivity contribution in [1.82, 2.24) is 9.97 Å². The van der Waals surface area contributed by atoms with E-state index in [0.717, 1.165) is 24.3 Å². The summed E-state index contributed by atoms with van der Waals surface area (Å²) in [6.07, 6.45) is 0.0261. The van der Waals surface area contributed by atoms with Gasteiger partial charge >= 0.3 is 0 Å². The van der Waals surface area contributed by atoms with E-state index >= 15 is 0 Å². The van der Waals surface area contributed by atoms with Gasteiger partial charge in [-0.15, -0.1) is 0 Å². The number of aromatic nitrogens is 2. The minimum absolute atomic E-state index is 0.0261. The largest absolute Gasteiger partial charge is 0.493 e. The molecule has 0 aliphatic heterocycles. The molecule has 0 aliphatic rings. The van der Waals surface area contributed by atoms with Crippen molar-refractivity contribution in [3.05, 3.63) is 57.6 Å². The second kappa shape index (κ2) is 4.32. The van der Waals surface area contributed by atoms with Gasteiger partial charge in [-0.2, -0.15) is 4.98 Å². The molecule has 0 amide bonds. The molecule has 2 aromatic rings. The number of nitrogens with zero attached hydrogens (tertiary/aromatic N) is 1. The van der Waals surface area contributed by atoms with E-state index in [1.54, 1.807) is 0 Å². The van der Waals surface area contributed by atoms with E-state index in [2.05, 4.69) is 9.97 Å². The SMILES string of the molecule is O=c1cc(O)nc(Cc2cc(F)cc(F)c2)[nH]1. The Morgan fingerprint density at radius 1 is 1.18 bits per heavy atom. The van der Waals surface area contributed by atoms with E-state index in [4.69, 9.17) is 5.11 Å². The lowest BCUT2D eigenvalue weighted by Gasteiger charge is -2.02. The van der Waals surface area contributed by atoms with Crippen molar-refractivity contribution in [2.75, 3.05) is 0 Å². The number of hydrogen-bond donors (Lipinski definition) is 2. The molecule has 0 bridgehead atoms. The molecule has 0 saturated heterocycles. The van der Waals surface area contributed by atoms with E-state index in [-0.39, 0.29) is 12.2 Å². The molecule has 4 nitrogen and oxygen atoms in total. The van der Waals surface area contributed by atoms with Crippen LogP contribution in [0, 0.1) is 11.6 Å². The van der Waals surface area contributed by atoms with E-state index in [9.17, 15) is 13.6 Å². The quantitative estimate of drug-likeness (QED) is 0.829. The third-order valence-electron chi connectivity index (χ3n) is 2.07. The molecule has 1 aromatic carbocycles.